The van der Waals surface area contributed by atoms with Gasteiger partial charge in [0.1, 0.15) is 5.60 Å². The van der Waals surface area contributed by atoms with Crippen LogP contribution in [-0.2, 0) is 18.9 Å². The third kappa shape index (κ3) is 3.22. The first-order chi connectivity index (χ1) is 8.23. The third-order valence-electron chi connectivity index (χ3n) is 3.59. The molecule has 2 heterocycles. The van der Waals surface area contributed by atoms with Crippen LogP contribution in [0, 0.1) is 0 Å². The zero-order chi connectivity index (χ0) is 13.4. The van der Waals surface area contributed by atoms with Crippen molar-refractivity contribution in [3.05, 3.63) is 0 Å². The first kappa shape index (κ1) is 14.2. The fraction of sp³-hybridized carbons (Fsp3) is 1.00. The lowest BCUT2D eigenvalue weighted by atomic mass is 9.92. The van der Waals surface area contributed by atoms with E-state index < -0.39 is 17.2 Å². The predicted octanol–water partition coefficient (Wildman–Crippen LogP) is 1.43. The molecule has 2 atom stereocenters. The van der Waals surface area contributed by atoms with E-state index in [1.54, 1.807) is 6.92 Å². The minimum absolute atomic E-state index is 0.272. The maximum absolute atomic E-state index is 10.3. The van der Waals surface area contributed by atoms with E-state index in [0.717, 1.165) is 0 Å². The van der Waals surface area contributed by atoms with Crippen LogP contribution in [0.15, 0.2) is 0 Å². The van der Waals surface area contributed by atoms with E-state index in [1.165, 1.54) is 0 Å². The van der Waals surface area contributed by atoms with Crippen molar-refractivity contribution in [2.75, 3.05) is 19.8 Å². The molecule has 2 fully saturated rings. The molecule has 5 nitrogen and oxygen atoms in total. The van der Waals surface area contributed by atoms with Gasteiger partial charge in [-0.15, -0.1) is 0 Å². The molecule has 1 N–H and O–H groups in total. The smallest absolute Gasteiger partial charge is 0.165 e. The van der Waals surface area contributed by atoms with Gasteiger partial charge in [-0.25, -0.2) is 0 Å². The Morgan fingerprint density at radius 2 is 1.67 bits per heavy atom. The van der Waals surface area contributed by atoms with Crippen LogP contribution in [0.4, 0.5) is 0 Å². The van der Waals surface area contributed by atoms with Crippen molar-refractivity contribution in [3.8, 4) is 0 Å². The van der Waals surface area contributed by atoms with E-state index in [4.69, 9.17) is 18.9 Å². The van der Waals surface area contributed by atoms with Crippen LogP contribution in [0.3, 0.4) is 0 Å². The summed E-state index contributed by atoms with van der Waals surface area (Å²) in [5.74, 6) is -1.19. The highest BCUT2D eigenvalue weighted by Crippen LogP contribution is 2.34. The summed E-state index contributed by atoms with van der Waals surface area (Å²) in [4.78, 5) is 0. The number of hydrogen-bond donors (Lipinski definition) is 1. The van der Waals surface area contributed by atoms with Crippen molar-refractivity contribution >= 4 is 0 Å². The van der Waals surface area contributed by atoms with Crippen LogP contribution in [0.5, 0.6) is 0 Å². The highest BCUT2D eigenvalue weighted by atomic mass is 16.7. The van der Waals surface area contributed by atoms with Gasteiger partial charge in [-0.2, -0.15) is 0 Å². The molecule has 106 valence electrons. The molecule has 2 aliphatic rings. The third-order valence-corrected chi connectivity index (χ3v) is 3.59. The molecule has 18 heavy (non-hydrogen) atoms. The van der Waals surface area contributed by atoms with Gasteiger partial charge in [0.15, 0.2) is 11.6 Å². The molecule has 0 aromatic heterocycles. The second-order valence-electron chi connectivity index (χ2n) is 6.02. The zero-order valence-corrected chi connectivity index (χ0v) is 11.7. The van der Waals surface area contributed by atoms with Crippen LogP contribution < -0.4 is 0 Å². The van der Waals surface area contributed by atoms with Crippen molar-refractivity contribution in [1.29, 1.82) is 0 Å². The number of ether oxygens (including phenoxy) is 4. The summed E-state index contributed by atoms with van der Waals surface area (Å²) in [6, 6.07) is 0. The van der Waals surface area contributed by atoms with Gasteiger partial charge in [-0.1, -0.05) is 0 Å². The standard InChI is InChI=1S/C13H24O5/c1-11(2)17-9-12(3,14)10(18-11)5-6-13(4)15-7-8-16-13/h10,14H,5-9H2,1-4H3/t10-,12-/m0/s1. The van der Waals surface area contributed by atoms with Gasteiger partial charge in [-0.3, -0.25) is 0 Å². The van der Waals surface area contributed by atoms with Crippen molar-refractivity contribution in [2.24, 2.45) is 0 Å². The molecular formula is C13H24O5. The van der Waals surface area contributed by atoms with Gasteiger partial charge < -0.3 is 24.1 Å². The molecule has 2 saturated heterocycles. The molecule has 0 saturated carbocycles. The van der Waals surface area contributed by atoms with E-state index in [2.05, 4.69) is 0 Å². The highest BCUT2D eigenvalue weighted by Gasteiger charge is 2.44. The summed E-state index contributed by atoms with van der Waals surface area (Å²) >= 11 is 0. The Balaban J connectivity index is 1.93. The molecule has 2 rings (SSSR count). The quantitative estimate of drug-likeness (QED) is 0.832. The van der Waals surface area contributed by atoms with Gasteiger partial charge in [0, 0.05) is 6.42 Å². The minimum Gasteiger partial charge on any atom is -0.385 e. The first-order valence-corrected chi connectivity index (χ1v) is 6.55. The summed E-state index contributed by atoms with van der Waals surface area (Å²) < 4.78 is 22.4. The molecular weight excluding hydrogens is 236 g/mol. The first-order valence-electron chi connectivity index (χ1n) is 6.55. The normalized spacial score (nSPS) is 38.8. The fourth-order valence-electron chi connectivity index (χ4n) is 2.38. The molecule has 0 aromatic rings. The Bertz CT molecular complexity index is 294. The van der Waals surface area contributed by atoms with Gasteiger partial charge >= 0.3 is 0 Å². The van der Waals surface area contributed by atoms with Crippen molar-refractivity contribution in [2.45, 2.75) is 63.8 Å². The zero-order valence-electron chi connectivity index (χ0n) is 11.7. The van der Waals surface area contributed by atoms with Crippen molar-refractivity contribution in [3.63, 3.8) is 0 Å². The molecule has 5 heteroatoms. The molecule has 2 aliphatic heterocycles. The molecule has 0 spiro atoms. The molecule has 0 bridgehead atoms. The maximum atomic E-state index is 10.3. The Kier molecular flexibility index (Phi) is 3.73. The molecule has 0 aliphatic carbocycles. The summed E-state index contributed by atoms with van der Waals surface area (Å²) in [7, 11) is 0. The topological polar surface area (TPSA) is 57.2 Å². The van der Waals surface area contributed by atoms with Crippen LogP contribution >= 0.6 is 0 Å². The van der Waals surface area contributed by atoms with Crippen LogP contribution in [0.1, 0.15) is 40.5 Å². The summed E-state index contributed by atoms with van der Waals surface area (Å²) in [6.45, 7) is 8.94. The van der Waals surface area contributed by atoms with E-state index in [0.29, 0.717) is 26.1 Å². The Hall–Kier alpha value is -0.200. The predicted molar refractivity (Wildman–Crippen MR) is 65.1 cm³/mol. The summed E-state index contributed by atoms with van der Waals surface area (Å²) in [5.41, 5.74) is -0.968. The van der Waals surface area contributed by atoms with Gasteiger partial charge in [-0.05, 0) is 34.1 Å². The maximum Gasteiger partial charge on any atom is 0.165 e. The van der Waals surface area contributed by atoms with E-state index in [-0.39, 0.29) is 12.7 Å². The fourth-order valence-corrected chi connectivity index (χ4v) is 2.38. The minimum atomic E-state index is -0.968. The van der Waals surface area contributed by atoms with Crippen LogP contribution in [-0.4, -0.2) is 48.2 Å². The Labute approximate surface area is 108 Å². The number of aliphatic hydroxyl groups is 1. The molecule has 0 amide bonds. The molecule has 0 aromatic carbocycles. The SMILES string of the molecule is CC1(C)OC[C@](C)(O)[C@H](CCC2(C)OCCO2)O1. The second kappa shape index (κ2) is 4.72. The van der Waals surface area contributed by atoms with Crippen LogP contribution in [0.2, 0.25) is 0 Å². The Morgan fingerprint density at radius 1 is 1.06 bits per heavy atom. The van der Waals surface area contributed by atoms with E-state index in [1.807, 2.05) is 20.8 Å². The van der Waals surface area contributed by atoms with Crippen LogP contribution in [0.25, 0.3) is 0 Å². The van der Waals surface area contributed by atoms with Gasteiger partial charge in [0.25, 0.3) is 0 Å². The van der Waals surface area contributed by atoms with E-state index in [9.17, 15) is 5.11 Å². The van der Waals surface area contributed by atoms with E-state index >= 15 is 0 Å². The Morgan fingerprint density at radius 3 is 2.28 bits per heavy atom. The van der Waals surface area contributed by atoms with Gasteiger partial charge in [0.2, 0.25) is 0 Å². The average molecular weight is 260 g/mol. The number of hydrogen-bond acceptors (Lipinski definition) is 5. The van der Waals surface area contributed by atoms with Crippen molar-refractivity contribution < 1.29 is 24.1 Å². The average Bonchev–Trinajstić information content (AvgIpc) is 2.68. The van der Waals surface area contributed by atoms with Gasteiger partial charge in [0.05, 0.1) is 25.9 Å². The monoisotopic (exact) mass is 260 g/mol. The molecule has 0 radical (unpaired) electrons. The summed E-state index contributed by atoms with van der Waals surface area (Å²) in [6.07, 6.45) is 1.10. The van der Waals surface area contributed by atoms with Crippen molar-refractivity contribution in [1.82, 2.24) is 0 Å². The lowest BCUT2D eigenvalue weighted by Gasteiger charge is -2.45. The largest absolute Gasteiger partial charge is 0.385 e. The highest BCUT2D eigenvalue weighted by molar-refractivity contribution is 4.89. The second-order valence-corrected chi connectivity index (χ2v) is 6.02. The lowest BCUT2D eigenvalue weighted by Crippen LogP contribution is -2.56. The number of rotatable bonds is 3. The lowest BCUT2D eigenvalue weighted by molar-refractivity contribution is -0.332. The molecule has 0 unspecified atom stereocenters. The summed E-state index contributed by atoms with van der Waals surface area (Å²) in [5, 5.41) is 10.3.